The molecule has 3 rings (SSSR count). The van der Waals surface area contributed by atoms with Gasteiger partial charge in [0.1, 0.15) is 6.33 Å². The first kappa shape index (κ1) is 12.8. The second-order valence-electron chi connectivity index (χ2n) is 5.41. The number of nitrogens with two attached hydrogens (primary N) is 1. The second kappa shape index (κ2) is 4.72. The maximum absolute atomic E-state index is 11.9. The minimum atomic E-state index is -0.274. The molecule has 2 aromatic rings. The molecule has 1 aromatic heterocycles. The van der Waals surface area contributed by atoms with Crippen LogP contribution in [0.1, 0.15) is 19.3 Å². The van der Waals surface area contributed by atoms with Gasteiger partial charge in [0, 0.05) is 30.3 Å². The first-order chi connectivity index (χ1) is 9.54. The summed E-state index contributed by atoms with van der Waals surface area (Å²) in [6.07, 6.45) is 3.88. The van der Waals surface area contributed by atoms with Gasteiger partial charge in [0.2, 0.25) is 5.91 Å². The molecule has 0 bridgehead atoms. The Kier molecular flexibility index (Phi) is 3.02. The fourth-order valence-corrected chi connectivity index (χ4v) is 2.07. The van der Waals surface area contributed by atoms with Crippen molar-refractivity contribution in [1.82, 2.24) is 14.8 Å². The average molecular weight is 271 g/mol. The smallest absolute Gasteiger partial charge is 0.226 e. The molecule has 104 valence electrons. The van der Waals surface area contributed by atoms with Crippen molar-refractivity contribution in [3.63, 3.8) is 0 Å². The molecule has 20 heavy (non-hydrogen) atoms. The van der Waals surface area contributed by atoms with E-state index >= 15 is 0 Å². The third-order valence-corrected chi connectivity index (χ3v) is 3.41. The first-order valence-electron chi connectivity index (χ1n) is 6.59. The van der Waals surface area contributed by atoms with Crippen LogP contribution in [0.4, 0.5) is 5.69 Å². The van der Waals surface area contributed by atoms with Crippen molar-refractivity contribution in [2.45, 2.75) is 24.8 Å². The monoisotopic (exact) mass is 271 g/mol. The number of anilines is 1. The molecule has 1 fully saturated rings. The maximum atomic E-state index is 11.9. The number of amides is 1. The molecule has 0 unspecified atom stereocenters. The molecule has 1 aliphatic carbocycles. The number of nitrogens with one attached hydrogen (secondary N) is 1. The molecule has 6 heteroatoms. The van der Waals surface area contributed by atoms with Gasteiger partial charge in [0.25, 0.3) is 0 Å². The van der Waals surface area contributed by atoms with E-state index in [1.54, 1.807) is 11.0 Å². The first-order valence-corrected chi connectivity index (χ1v) is 6.59. The molecule has 0 radical (unpaired) electrons. The normalized spacial score (nSPS) is 15.9. The van der Waals surface area contributed by atoms with Crippen LogP contribution in [0.15, 0.2) is 30.6 Å². The summed E-state index contributed by atoms with van der Waals surface area (Å²) in [5.74, 6) is 0.595. The SMILES string of the molecule is Cn1cnc(-c2cccc(NC(=O)CC3(N)CC3)c2)n1. The summed E-state index contributed by atoms with van der Waals surface area (Å²) in [5.41, 5.74) is 7.28. The van der Waals surface area contributed by atoms with Crippen LogP contribution in [0.3, 0.4) is 0 Å². The standard InChI is InChI=1S/C14H17N5O/c1-19-9-16-13(18-19)10-3-2-4-11(7-10)17-12(20)8-14(15)5-6-14/h2-4,7,9H,5-6,8,15H2,1H3,(H,17,20). The quantitative estimate of drug-likeness (QED) is 0.877. The van der Waals surface area contributed by atoms with Gasteiger partial charge >= 0.3 is 0 Å². The highest BCUT2D eigenvalue weighted by Crippen LogP contribution is 2.35. The third-order valence-electron chi connectivity index (χ3n) is 3.41. The van der Waals surface area contributed by atoms with Crippen molar-refractivity contribution >= 4 is 11.6 Å². The number of nitrogens with zero attached hydrogens (tertiary/aromatic N) is 3. The number of hydrogen-bond donors (Lipinski definition) is 2. The molecule has 1 heterocycles. The molecule has 0 spiro atoms. The van der Waals surface area contributed by atoms with Crippen LogP contribution in [-0.4, -0.2) is 26.2 Å². The fourth-order valence-electron chi connectivity index (χ4n) is 2.07. The highest BCUT2D eigenvalue weighted by molar-refractivity contribution is 5.92. The topological polar surface area (TPSA) is 85.8 Å². The Morgan fingerprint density at radius 3 is 2.95 bits per heavy atom. The molecular weight excluding hydrogens is 254 g/mol. The van der Waals surface area contributed by atoms with Crippen LogP contribution in [0.5, 0.6) is 0 Å². The van der Waals surface area contributed by atoms with Gasteiger partial charge in [-0.25, -0.2) is 4.98 Å². The number of carbonyl (C=O) groups excluding carboxylic acids is 1. The predicted molar refractivity (Wildman–Crippen MR) is 75.8 cm³/mol. The number of rotatable bonds is 4. The highest BCUT2D eigenvalue weighted by Gasteiger charge is 2.40. The minimum Gasteiger partial charge on any atom is -0.326 e. The molecule has 1 saturated carbocycles. The fraction of sp³-hybridized carbons (Fsp3) is 0.357. The van der Waals surface area contributed by atoms with E-state index in [9.17, 15) is 4.79 Å². The van der Waals surface area contributed by atoms with Crippen molar-refractivity contribution in [3.05, 3.63) is 30.6 Å². The zero-order valence-electron chi connectivity index (χ0n) is 11.3. The summed E-state index contributed by atoms with van der Waals surface area (Å²) >= 11 is 0. The summed E-state index contributed by atoms with van der Waals surface area (Å²) in [5, 5.41) is 7.12. The minimum absolute atomic E-state index is 0.0452. The van der Waals surface area contributed by atoms with Gasteiger partial charge in [0.05, 0.1) is 0 Å². The Labute approximate surface area is 117 Å². The predicted octanol–water partition coefficient (Wildman–Crippen LogP) is 1.30. The molecule has 1 aromatic carbocycles. The molecule has 6 nitrogen and oxygen atoms in total. The van der Waals surface area contributed by atoms with Crippen molar-refractivity contribution in [1.29, 1.82) is 0 Å². The Morgan fingerprint density at radius 2 is 2.30 bits per heavy atom. The molecule has 0 saturated heterocycles. The van der Waals surface area contributed by atoms with Gasteiger partial charge in [-0.05, 0) is 25.0 Å². The van der Waals surface area contributed by atoms with Gasteiger partial charge in [-0.3, -0.25) is 9.48 Å². The van der Waals surface area contributed by atoms with Gasteiger partial charge in [0.15, 0.2) is 5.82 Å². The van der Waals surface area contributed by atoms with Crippen LogP contribution in [0.25, 0.3) is 11.4 Å². The van der Waals surface area contributed by atoms with E-state index < -0.39 is 0 Å². The summed E-state index contributed by atoms with van der Waals surface area (Å²) in [6.45, 7) is 0. The van der Waals surface area contributed by atoms with Gasteiger partial charge in [-0.2, -0.15) is 5.10 Å². The summed E-state index contributed by atoms with van der Waals surface area (Å²) in [6, 6.07) is 7.50. The molecule has 0 atom stereocenters. The van der Waals surface area contributed by atoms with Crippen LogP contribution in [0, 0.1) is 0 Å². The van der Waals surface area contributed by atoms with E-state index in [0.717, 1.165) is 24.1 Å². The lowest BCUT2D eigenvalue weighted by atomic mass is 10.1. The van der Waals surface area contributed by atoms with Gasteiger partial charge in [-0.15, -0.1) is 0 Å². The lowest BCUT2D eigenvalue weighted by Crippen LogP contribution is -2.28. The summed E-state index contributed by atoms with van der Waals surface area (Å²) in [7, 11) is 1.82. The highest BCUT2D eigenvalue weighted by atomic mass is 16.1. The van der Waals surface area contributed by atoms with Crippen LogP contribution >= 0.6 is 0 Å². The lowest BCUT2D eigenvalue weighted by Gasteiger charge is -2.09. The number of aromatic nitrogens is 3. The molecule has 0 aliphatic heterocycles. The van der Waals surface area contributed by atoms with E-state index in [2.05, 4.69) is 15.4 Å². The lowest BCUT2D eigenvalue weighted by molar-refractivity contribution is -0.116. The number of hydrogen-bond acceptors (Lipinski definition) is 4. The van der Waals surface area contributed by atoms with Crippen molar-refractivity contribution in [3.8, 4) is 11.4 Å². The summed E-state index contributed by atoms with van der Waals surface area (Å²) in [4.78, 5) is 16.1. The van der Waals surface area contributed by atoms with Gasteiger partial charge in [-0.1, -0.05) is 12.1 Å². The Balaban J connectivity index is 1.72. The van der Waals surface area contributed by atoms with Crippen molar-refractivity contribution < 1.29 is 4.79 Å². The third kappa shape index (κ3) is 2.85. The van der Waals surface area contributed by atoms with Gasteiger partial charge < -0.3 is 11.1 Å². The van der Waals surface area contributed by atoms with Crippen molar-refractivity contribution in [2.24, 2.45) is 12.8 Å². The second-order valence-corrected chi connectivity index (χ2v) is 5.41. The molecule has 1 amide bonds. The maximum Gasteiger partial charge on any atom is 0.226 e. The van der Waals surface area contributed by atoms with Crippen LogP contribution < -0.4 is 11.1 Å². The number of benzene rings is 1. The zero-order chi connectivity index (χ0) is 14.2. The average Bonchev–Trinajstić information content (AvgIpc) is 2.95. The van der Waals surface area contributed by atoms with E-state index in [0.29, 0.717) is 12.2 Å². The molecule has 1 aliphatic rings. The Bertz CT molecular complexity index is 645. The van der Waals surface area contributed by atoms with Crippen LogP contribution in [-0.2, 0) is 11.8 Å². The number of carbonyl (C=O) groups is 1. The largest absolute Gasteiger partial charge is 0.326 e. The Morgan fingerprint density at radius 1 is 1.50 bits per heavy atom. The molecular formula is C14H17N5O. The van der Waals surface area contributed by atoms with E-state index in [1.807, 2.05) is 31.3 Å². The molecule has 3 N–H and O–H groups in total. The van der Waals surface area contributed by atoms with E-state index in [4.69, 9.17) is 5.73 Å². The number of aryl methyl sites for hydroxylation is 1. The Hall–Kier alpha value is -2.21. The zero-order valence-corrected chi connectivity index (χ0v) is 11.3. The van der Waals surface area contributed by atoms with Crippen molar-refractivity contribution in [2.75, 3.05) is 5.32 Å². The van der Waals surface area contributed by atoms with E-state index in [1.165, 1.54) is 0 Å². The summed E-state index contributed by atoms with van der Waals surface area (Å²) < 4.78 is 1.64. The van der Waals surface area contributed by atoms with Crippen LogP contribution in [0.2, 0.25) is 0 Å². The van der Waals surface area contributed by atoms with E-state index in [-0.39, 0.29) is 11.4 Å².